The number of carboxylic acid groups (broad SMARTS) is 1. The van der Waals surface area contributed by atoms with Crippen LogP contribution in [0.25, 0.3) is 5.57 Å². The van der Waals surface area contributed by atoms with Crippen LogP contribution in [0.1, 0.15) is 4.88 Å². The standard InChI is InChI=1S/C9H8O2S.Na/c1-2-4-7(9(10)11)8-5-3-6-12-8;/h2-6H,1H2,(H,10,11);/q;+1/p-1. The van der Waals surface area contributed by atoms with Crippen molar-refractivity contribution in [3.8, 4) is 0 Å². The molecule has 4 heteroatoms. The van der Waals surface area contributed by atoms with E-state index in [1.54, 1.807) is 12.1 Å². The molecule has 1 aromatic rings. The fourth-order valence-corrected chi connectivity index (χ4v) is 1.54. The number of hydrogen-bond acceptors (Lipinski definition) is 3. The maximum Gasteiger partial charge on any atom is 1.00 e. The van der Waals surface area contributed by atoms with Gasteiger partial charge < -0.3 is 9.90 Å². The molecule has 0 aliphatic carbocycles. The Morgan fingerprint density at radius 3 is 2.69 bits per heavy atom. The van der Waals surface area contributed by atoms with Crippen molar-refractivity contribution in [2.75, 3.05) is 0 Å². The van der Waals surface area contributed by atoms with Crippen LogP contribution in [0.3, 0.4) is 0 Å². The minimum atomic E-state index is -1.17. The first-order chi connectivity index (χ1) is 5.75. The maximum absolute atomic E-state index is 10.6. The number of allylic oxidation sites excluding steroid dienone is 2. The molecule has 0 aromatic carbocycles. The molecule has 0 radical (unpaired) electrons. The van der Waals surface area contributed by atoms with E-state index < -0.39 is 5.97 Å². The number of aliphatic carboxylic acids is 1. The van der Waals surface area contributed by atoms with Gasteiger partial charge in [0.15, 0.2) is 0 Å². The Bertz CT molecular complexity index is 314. The van der Waals surface area contributed by atoms with Gasteiger partial charge >= 0.3 is 29.6 Å². The Kier molecular flexibility index (Phi) is 5.99. The number of hydrogen-bond donors (Lipinski definition) is 0. The van der Waals surface area contributed by atoms with Gasteiger partial charge in [-0.1, -0.05) is 24.8 Å². The molecule has 13 heavy (non-hydrogen) atoms. The van der Waals surface area contributed by atoms with Gasteiger partial charge in [-0.2, -0.15) is 0 Å². The fourth-order valence-electron chi connectivity index (χ4n) is 0.800. The summed E-state index contributed by atoms with van der Waals surface area (Å²) >= 11 is 1.36. The summed E-state index contributed by atoms with van der Waals surface area (Å²) in [6.07, 6.45) is 2.87. The van der Waals surface area contributed by atoms with E-state index in [1.165, 1.54) is 23.5 Å². The average molecular weight is 202 g/mol. The molecule has 0 spiro atoms. The van der Waals surface area contributed by atoms with Gasteiger partial charge in [0.25, 0.3) is 0 Å². The Labute approximate surface area is 103 Å². The van der Waals surface area contributed by atoms with Gasteiger partial charge in [-0.15, -0.1) is 11.3 Å². The third-order valence-corrected chi connectivity index (χ3v) is 2.19. The van der Waals surface area contributed by atoms with Crippen LogP contribution in [0.5, 0.6) is 0 Å². The van der Waals surface area contributed by atoms with E-state index in [-0.39, 0.29) is 35.1 Å². The second kappa shape index (κ2) is 6.16. The Morgan fingerprint density at radius 1 is 1.62 bits per heavy atom. The molecule has 1 rings (SSSR count). The number of thiophene rings is 1. The topological polar surface area (TPSA) is 40.1 Å². The summed E-state index contributed by atoms with van der Waals surface area (Å²) in [4.78, 5) is 11.3. The Balaban J connectivity index is 0.00000144. The summed E-state index contributed by atoms with van der Waals surface area (Å²) < 4.78 is 0. The first-order valence-corrected chi connectivity index (χ1v) is 4.21. The molecule has 0 bridgehead atoms. The van der Waals surface area contributed by atoms with Crippen molar-refractivity contribution in [2.45, 2.75) is 0 Å². The van der Waals surface area contributed by atoms with Gasteiger partial charge in [-0.05, 0) is 11.4 Å². The van der Waals surface area contributed by atoms with E-state index in [0.717, 1.165) is 0 Å². The van der Waals surface area contributed by atoms with Crippen molar-refractivity contribution in [1.29, 1.82) is 0 Å². The molecule has 1 aromatic heterocycles. The minimum absolute atomic E-state index is 0. The van der Waals surface area contributed by atoms with E-state index in [2.05, 4.69) is 6.58 Å². The molecule has 0 aliphatic heterocycles. The van der Waals surface area contributed by atoms with Crippen molar-refractivity contribution in [2.24, 2.45) is 0 Å². The summed E-state index contributed by atoms with van der Waals surface area (Å²) in [6.45, 7) is 3.43. The molecule has 0 atom stereocenters. The van der Waals surface area contributed by atoms with E-state index in [9.17, 15) is 9.90 Å². The molecule has 1 heterocycles. The van der Waals surface area contributed by atoms with Crippen LogP contribution < -0.4 is 34.7 Å². The largest absolute Gasteiger partial charge is 1.00 e. The number of carboxylic acids is 1. The van der Waals surface area contributed by atoms with Gasteiger partial charge in [0.2, 0.25) is 0 Å². The zero-order chi connectivity index (χ0) is 8.97. The van der Waals surface area contributed by atoms with E-state index in [1.807, 2.05) is 5.38 Å². The summed E-state index contributed by atoms with van der Waals surface area (Å²) in [5.41, 5.74) is 0.181. The number of carbonyl (C=O) groups is 1. The molecule has 0 N–H and O–H groups in total. The van der Waals surface area contributed by atoms with Crippen molar-refractivity contribution in [1.82, 2.24) is 0 Å². The molecule has 0 amide bonds. The predicted molar refractivity (Wildman–Crippen MR) is 47.5 cm³/mol. The smallest absolute Gasteiger partial charge is 0.545 e. The molecule has 2 nitrogen and oxygen atoms in total. The molecule has 0 aliphatic rings. The zero-order valence-corrected chi connectivity index (χ0v) is 10.1. The van der Waals surface area contributed by atoms with Crippen LogP contribution in [0.4, 0.5) is 0 Å². The monoisotopic (exact) mass is 202 g/mol. The van der Waals surface area contributed by atoms with Gasteiger partial charge in [-0.25, -0.2) is 0 Å². The van der Waals surface area contributed by atoms with Gasteiger partial charge in [0.05, 0.1) is 5.97 Å². The first-order valence-electron chi connectivity index (χ1n) is 3.33. The molecule has 0 saturated heterocycles. The van der Waals surface area contributed by atoms with E-state index >= 15 is 0 Å². The molecular weight excluding hydrogens is 195 g/mol. The Hall–Kier alpha value is -0.350. The third kappa shape index (κ3) is 3.48. The van der Waals surface area contributed by atoms with Gasteiger partial charge in [0.1, 0.15) is 0 Å². The number of rotatable bonds is 3. The summed E-state index contributed by atoms with van der Waals surface area (Å²) in [5, 5.41) is 12.4. The number of carbonyl (C=O) groups excluding carboxylic acids is 1. The van der Waals surface area contributed by atoms with E-state index in [4.69, 9.17) is 0 Å². The quantitative estimate of drug-likeness (QED) is 0.325. The summed E-state index contributed by atoms with van der Waals surface area (Å²) in [7, 11) is 0. The minimum Gasteiger partial charge on any atom is -0.545 e. The molecule has 62 valence electrons. The zero-order valence-electron chi connectivity index (χ0n) is 7.32. The second-order valence-corrected chi connectivity index (χ2v) is 3.03. The van der Waals surface area contributed by atoms with Crippen molar-refractivity contribution in [3.05, 3.63) is 41.1 Å². The first kappa shape index (κ1) is 12.7. The summed E-state index contributed by atoms with van der Waals surface area (Å²) in [6, 6.07) is 3.52. The van der Waals surface area contributed by atoms with Crippen LogP contribution in [0.15, 0.2) is 36.2 Å². The molecule has 0 unspecified atom stereocenters. The molecular formula is C9H7NaO2S. The van der Waals surface area contributed by atoms with Crippen molar-refractivity contribution >= 4 is 22.9 Å². The third-order valence-electron chi connectivity index (χ3n) is 1.29. The second-order valence-electron chi connectivity index (χ2n) is 2.08. The van der Waals surface area contributed by atoms with Gasteiger partial charge in [0, 0.05) is 10.5 Å². The van der Waals surface area contributed by atoms with Crippen molar-refractivity contribution in [3.63, 3.8) is 0 Å². The predicted octanol–water partition coefficient (Wildman–Crippen LogP) is -1.93. The fraction of sp³-hybridized carbons (Fsp3) is 0. The van der Waals surface area contributed by atoms with Crippen LogP contribution in [0, 0.1) is 0 Å². The van der Waals surface area contributed by atoms with Crippen LogP contribution in [-0.2, 0) is 4.79 Å². The van der Waals surface area contributed by atoms with E-state index in [0.29, 0.717) is 4.88 Å². The normalized spacial score (nSPS) is 10.3. The average Bonchev–Trinajstić information content (AvgIpc) is 2.51. The van der Waals surface area contributed by atoms with Gasteiger partial charge in [-0.3, -0.25) is 0 Å². The van der Waals surface area contributed by atoms with Crippen molar-refractivity contribution < 1.29 is 39.5 Å². The van der Waals surface area contributed by atoms with Crippen LogP contribution >= 0.6 is 11.3 Å². The van der Waals surface area contributed by atoms with Crippen LogP contribution in [-0.4, -0.2) is 5.97 Å². The maximum atomic E-state index is 10.6. The molecule has 0 fully saturated rings. The Morgan fingerprint density at radius 2 is 2.31 bits per heavy atom. The molecule has 0 saturated carbocycles. The SMILES string of the molecule is C=CC=C(C(=O)[O-])c1cccs1.[Na+]. The summed E-state index contributed by atoms with van der Waals surface area (Å²) in [5.74, 6) is -1.17. The van der Waals surface area contributed by atoms with Crippen LogP contribution in [0.2, 0.25) is 0 Å².